The van der Waals surface area contributed by atoms with Crippen molar-refractivity contribution in [1.82, 2.24) is 5.32 Å². The maximum absolute atomic E-state index is 9.19. The molecule has 0 aromatic carbocycles. The van der Waals surface area contributed by atoms with Gasteiger partial charge in [-0.1, -0.05) is 12.1 Å². The zero-order valence-electron chi connectivity index (χ0n) is 10.6. The predicted octanol–water partition coefficient (Wildman–Crippen LogP) is 3.11. The maximum Gasteiger partial charge on any atom is 0.121 e. The number of hydrogen-bond acceptors (Lipinski definition) is 5. The predicted molar refractivity (Wildman–Crippen MR) is 69.0 cm³/mol. The zero-order valence-corrected chi connectivity index (χ0v) is 10.6. The van der Waals surface area contributed by atoms with E-state index in [9.17, 15) is 5.21 Å². The molecule has 19 heavy (non-hydrogen) atoms. The molecule has 0 spiro atoms. The first-order chi connectivity index (χ1) is 9.29. The third-order valence-electron chi connectivity index (χ3n) is 3.68. The second kappa shape index (κ2) is 4.93. The number of nitrogens with zero attached hydrogens (tertiary/aromatic N) is 1. The van der Waals surface area contributed by atoms with Gasteiger partial charge in [-0.05, 0) is 24.3 Å². The molecule has 1 aliphatic rings. The van der Waals surface area contributed by atoms with Crippen molar-refractivity contribution in [3.05, 3.63) is 48.3 Å². The molecular weight excluding hydrogens is 244 g/mol. The van der Waals surface area contributed by atoms with Crippen LogP contribution in [0.3, 0.4) is 0 Å². The number of nitrogens with one attached hydrogen (secondary N) is 1. The van der Waals surface area contributed by atoms with E-state index in [4.69, 9.17) is 8.83 Å². The Bertz CT molecular complexity index is 545. The van der Waals surface area contributed by atoms with Crippen LogP contribution in [0.1, 0.15) is 36.9 Å². The summed E-state index contributed by atoms with van der Waals surface area (Å²) in [6.45, 7) is 2.02. The second-order valence-electron chi connectivity index (χ2n) is 4.81. The molecule has 0 unspecified atom stereocenters. The van der Waals surface area contributed by atoms with Gasteiger partial charge < -0.3 is 14.0 Å². The van der Waals surface area contributed by atoms with Crippen molar-refractivity contribution >= 4 is 5.71 Å². The van der Waals surface area contributed by atoms with Gasteiger partial charge in [0.1, 0.15) is 11.5 Å². The topological polar surface area (TPSA) is 70.9 Å². The van der Waals surface area contributed by atoms with Gasteiger partial charge in [-0.3, -0.25) is 5.32 Å². The third-order valence-corrected chi connectivity index (χ3v) is 3.68. The van der Waals surface area contributed by atoms with Gasteiger partial charge in [-0.2, -0.15) is 0 Å². The van der Waals surface area contributed by atoms with Crippen molar-refractivity contribution in [1.29, 1.82) is 0 Å². The zero-order chi connectivity index (χ0) is 13.2. The van der Waals surface area contributed by atoms with Crippen molar-refractivity contribution in [2.24, 2.45) is 11.1 Å². The van der Waals surface area contributed by atoms with Gasteiger partial charge in [0.05, 0.1) is 30.3 Å². The summed E-state index contributed by atoms with van der Waals surface area (Å²) in [7, 11) is 0. The van der Waals surface area contributed by atoms with E-state index in [-0.39, 0.29) is 18.0 Å². The molecule has 2 aromatic rings. The summed E-state index contributed by atoms with van der Waals surface area (Å²) in [6, 6.07) is 7.52. The number of oxime groups is 1. The molecule has 5 nitrogen and oxygen atoms in total. The molecule has 0 bridgehead atoms. The van der Waals surface area contributed by atoms with Crippen LogP contribution in [0.4, 0.5) is 0 Å². The highest BCUT2D eigenvalue weighted by atomic mass is 16.4. The van der Waals surface area contributed by atoms with Crippen LogP contribution in [0.15, 0.2) is 50.8 Å². The van der Waals surface area contributed by atoms with E-state index >= 15 is 0 Å². The van der Waals surface area contributed by atoms with E-state index in [1.165, 1.54) is 0 Å². The highest BCUT2D eigenvalue weighted by Gasteiger charge is 2.36. The first-order valence-corrected chi connectivity index (χ1v) is 6.33. The molecule has 2 N–H and O–H groups in total. The van der Waals surface area contributed by atoms with Gasteiger partial charge in [-0.15, -0.1) is 0 Å². The van der Waals surface area contributed by atoms with Gasteiger partial charge in [0, 0.05) is 12.3 Å². The van der Waals surface area contributed by atoms with Crippen molar-refractivity contribution < 1.29 is 14.0 Å². The molecule has 3 heterocycles. The number of hydrogen-bond donors (Lipinski definition) is 2. The normalized spacial score (nSPS) is 29.7. The number of piperidine rings is 1. The molecule has 5 heteroatoms. The molecule has 0 aliphatic carbocycles. The van der Waals surface area contributed by atoms with Crippen LogP contribution in [0, 0.1) is 5.92 Å². The van der Waals surface area contributed by atoms with E-state index in [2.05, 4.69) is 10.5 Å². The second-order valence-corrected chi connectivity index (χ2v) is 4.81. The minimum atomic E-state index is -0.0234. The quantitative estimate of drug-likeness (QED) is 0.643. The van der Waals surface area contributed by atoms with Crippen LogP contribution in [0.5, 0.6) is 0 Å². The fourth-order valence-corrected chi connectivity index (χ4v) is 2.61. The first kappa shape index (κ1) is 12.0. The van der Waals surface area contributed by atoms with E-state index in [0.29, 0.717) is 6.42 Å². The molecule has 0 amide bonds. The molecule has 100 valence electrons. The summed E-state index contributed by atoms with van der Waals surface area (Å²) in [5.74, 6) is 1.75. The standard InChI is InChI=1S/C14H16N2O3/c1-9-10(16-17)8-11(12-4-2-6-18-12)15-14(9)13-5-3-7-19-13/h2-7,9,11,14-15,17H,8H2,1H3/b16-10-/t9-,11+,14-/m1/s1. The summed E-state index contributed by atoms with van der Waals surface area (Å²) in [5.41, 5.74) is 0.751. The summed E-state index contributed by atoms with van der Waals surface area (Å²) >= 11 is 0. The van der Waals surface area contributed by atoms with Crippen LogP contribution < -0.4 is 5.32 Å². The molecule has 1 saturated heterocycles. The highest BCUT2D eigenvalue weighted by Crippen LogP contribution is 2.35. The minimum absolute atomic E-state index is 0.00722. The van der Waals surface area contributed by atoms with E-state index in [1.807, 2.05) is 31.2 Å². The lowest BCUT2D eigenvalue weighted by Crippen LogP contribution is -2.41. The van der Waals surface area contributed by atoms with Crippen LogP contribution in [-0.2, 0) is 0 Å². The first-order valence-electron chi connectivity index (χ1n) is 6.33. The van der Waals surface area contributed by atoms with Crippen LogP contribution in [0.25, 0.3) is 0 Å². The smallest absolute Gasteiger partial charge is 0.121 e. The van der Waals surface area contributed by atoms with Crippen molar-refractivity contribution in [3.63, 3.8) is 0 Å². The fourth-order valence-electron chi connectivity index (χ4n) is 2.61. The molecule has 2 aromatic heterocycles. The Labute approximate surface area is 110 Å². The maximum atomic E-state index is 9.19. The third kappa shape index (κ3) is 2.17. The van der Waals surface area contributed by atoms with Crippen molar-refractivity contribution in [3.8, 4) is 0 Å². The van der Waals surface area contributed by atoms with Gasteiger partial charge in [0.15, 0.2) is 0 Å². The summed E-state index contributed by atoms with van der Waals surface area (Å²) in [4.78, 5) is 0. The Balaban J connectivity index is 1.91. The molecule has 1 aliphatic heterocycles. The Kier molecular flexibility index (Phi) is 3.13. The van der Waals surface area contributed by atoms with E-state index < -0.39 is 0 Å². The summed E-state index contributed by atoms with van der Waals surface area (Å²) in [5, 5.41) is 16.1. The molecule has 1 fully saturated rings. The average molecular weight is 260 g/mol. The lowest BCUT2D eigenvalue weighted by Gasteiger charge is -2.34. The highest BCUT2D eigenvalue weighted by molar-refractivity contribution is 5.88. The molecule has 3 rings (SSSR count). The monoisotopic (exact) mass is 260 g/mol. The van der Waals surface area contributed by atoms with Crippen molar-refractivity contribution in [2.75, 3.05) is 0 Å². The summed E-state index contributed by atoms with van der Waals surface area (Å²) < 4.78 is 10.9. The molecule has 0 radical (unpaired) electrons. The van der Waals surface area contributed by atoms with Crippen LogP contribution in [0.2, 0.25) is 0 Å². The lowest BCUT2D eigenvalue weighted by atomic mass is 9.85. The van der Waals surface area contributed by atoms with Crippen LogP contribution in [-0.4, -0.2) is 10.9 Å². The Hall–Kier alpha value is -2.01. The Morgan fingerprint density at radius 1 is 1.21 bits per heavy atom. The molecular formula is C14H16N2O3. The largest absolute Gasteiger partial charge is 0.468 e. The Morgan fingerprint density at radius 3 is 2.47 bits per heavy atom. The van der Waals surface area contributed by atoms with E-state index in [1.54, 1.807) is 12.5 Å². The number of rotatable bonds is 2. The SMILES string of the molecule is C[C@@H]1/C(=N\O)C[C@@H](c2ccco2)N[C@H]1c1ccco1. The van der Waals surface area contributed by atoms with E-state index in [0.717, 1.165) is 17.2 Å². The van der Waals surface area contributed by atoms with Gasteiger partial charge in [0.25, 0.3) is 0 Å². The lowest BCUT2D eigenvalue weighted by molar-refractivity contribution is 0.267. The van der Waals surface area contributed by atoms with Gasteiger partial charge >= 0.3 is 0 Å². The van der Waals surface area contributed by atoms with Gasteiger partial charge in [0.2, 0.25) is 0 Å². The van der Waals surface area contributed by atoms with Crippen molar-refractivity contribution in [2.45, 2.75) is 25.4 Å². The summed E-state index contributed by atoms with van der Waals surface area (Å²) in [6.07, 6.45) is 3.92. The molecule has 3 atom stereocenters. The van der Waals surface area contributed by atoms with Crippen LogP contribution >= 0.6 is 0 Å². The minimum Gasteiger partial charge on any atom is -0.468 e. The average Bonchev–Trinajstić information content (AvgIpc) is 3.12. The fraction of sp³-hybridized carbons (Fsp3) is 0.357. The van der Waals surface area contributed by atoms with Gasteiger partial charge in [-0.25, -0.2) is 0 Å². The molecule has 0 saturated carbocycles. The number of furan rings is 2. The Morgan fingerprint density at radius 2 is 1.89 bits per heavy atom.